The van der Waals surface area contributed by atoms with Crippen molar-refractivity contribution in [3.8, 4) is 11.1 Å². The summed E-state index contributed by atoms with van der Waals surface area (Å²) in [5.41, 5.74) is 22.6. The van der Waals surface area contributed by atoms with Crippen molar-refractivity contribution in [3.05, 3.63) is 148 Å². The average molecular weight is 923 g/mol. The number of hydrogen-bond donors (Lipinski definition) is 1. The molecule has 0 fully saturated rings. The zero-order valence-electron chi connectivity index (χ0n) is 43.7. The molecule has 2 nitrogen and oxygen atoms in total. The van der Waals surface area contributed by atoms with Crippen LogP contribution in [0.5, 0.6) is 0 Å². The Morgan fingerprint density at radius 1 is 0.464 bits per heavy atom. The Morgan fingerprint density at radius 3 is 1.68 bits per heavy atom. The van der Waals surface area contributed by atoms with E-state index in [-0.39, 0.29) is 32.5 Å². The first-order valence-electron chi connectivity index (χ1n) is 26.1. The third-order valence-electron chi connectivity index (χ3n) is 18.4. The van der Waals surface area contributed by atoms with Gasteiger partial charge in [0.2, 0.25) is 0 Å². The zero-order valence-corrected chi connectivity index (χ0v) is 44.5. The van der Waals surface area contributed by atoms with Crippen molar-refractivity contribution in [1.29, 1.82) is 0 Å². The minimum atomic E-state index is 0.0394. The van der Waals surface area contributed by atoms with Gasteiger partial charge in [0, 0.05) is 48.8 Å². The highest BCUT2D eigenvalue weighted by atomic mass is 32.1. The highest BCUT2D eigenvalue weighted by Gasteiger charge is 2.42. The normalized spacial score (nSPS) is 19.8. The minimum Gasteiger partial charge on any atom is -0.355 e. The Hall–Kier alpha value is -5.32. The molecule has 0 saturated carbocycles. The van der Waals surface area contributed by atoms with E-state index >= 15 is 0 Å². The average Bonchev–Trinajstić information content (AvgIpc) is 3.69. The lowest BCUT2D eigenvalue weighted by Crippen LogP contribution is -2.42. The van der Waals surface area contributed by atoms with E-state index in [1.807, 2.05) is 11.3 Å². The van der Waals surface area contributed by atoms with Gasteiger partial charge in [0.1, 0.15) is 0 Å². The van der Waals surface area contributed by atoms with Gasteiger partial charge in [-0.25, -0.2) is 0 Å². The van der Waals surface area contributed by atoms with Gasteiger partial charge < -0.3 is 10.2 Å². The van der Waals surface area contributed by atoms with Crippen LogP contribution < -0.4 is 21.1 Å². The molecule has 7 aromatic carbocycles. The highest BCUT2D eigenvalue weighted by molar-refractivity contribution is 7.26. The van der Waals surface area contributed by atoms with Crippen molar-refractivity contribution in [2.24, 2.45) is 0 Å². The smallest absolute Gasteiger partial charge is 0.199 e. The fraction of sp³-hybridized carbons (Fsp3) is 0.385. The maximum atomic E-state index is 4.22. The first-order valence-corrected chi connectivity index (χ1v) is 26.9. The third-order valence-corrected chi connectivity index (χ3v) is 19.5. The Balaban J connectivity index is 1.18. The second-order valence-corrected chi connectivity index (χ2v) is 26.9. The number of aryl methyl sites for hydroxylation is 1. The molecule has 1 N–H and O–H groups in total. The molecular formula is C65H71BN2S. The van der Waals surface area contributed by atoms with E-state index < -0.39 is 0 Å². The molecule has 3 aliphatic carbocycles. The lowest BCUT2D eigenvalue weighted by molar-refractivity contribution is 0.332. The molecule has 2 heterocycles. The van der Waals surface area contributed by atoms with Gasteiger partial charge in [-0.1, -0.05) is 138 Å². The molecule has 350 valence electrons. The molecule has 8 aromatic rings. The lowest BCUT2D eigenvalue weighted by atomic mass is 9.56. The first-order chi connectivity index (χ1) is 32.5. The number of thiophene rings is 1. The summed E-state index contributed by atoms with van der Waals surface area (Å²) in [6, 6.07) is 43.5. The summed E-state index contributed by atoms with van der Waals surface area (Å²) < 4.78 is 2.72. The number of benzene rings is 7. The molecule has 4 aliphatic rings. The van der Waals surface area contributed by atoms with Gasteiger partial charge in [-0.2, -0.15) is 0 Å². The summed E-state index contributed by atoms with van der Waals surface area (Å²) in [7, 11) is 0.843. The van der Waals surface area contributed by atoms with Crippen molar-refractivity contribution >= 4 is 88.9 Å². The Bertz CT molecular complexity index is 3480. The zero-order chi connectivity index (χ0) is 48.4. The van der Waals surface area contributed by atoms with Crippen molar-refractivity contribution < 1.29 is 0 Å². The largest absolute Gasteiger partial charge is 0.355 e. The van der Waals surface area contributed by atoms with Gasteiger partial charge in [-0.3, -0.25) is 0 Å². The molecule has 0 unspecified atom stereocenters. The number of fused-ring (bicyclic) bond motifs is 11. The van der Waals surface area contributed by atoms with Gasteiger partial charge in [0.25, 0.3) is 0 Å². The van der Waals surface area contributed by atoms with Gasteiger partial charge in [0.15, 0.2) is 7.28 Å². The summed E-state index contributed by atoms with van der Waals surface area (Å²) in [6.07, 6.45) is 7.12. The van der Waals surface area contributed by atoms with Crippen LogP contribution >= 0.6 is 11.3 Å². The van der Waals surface area contributed by atoms with Crippen LogP contribution in [0.3, 0.4) is 0 Å². The predicted octanol–water partition coefficient (Wildman–Crippen LogP) is 17.1. The predicted molar refractivity (Wildman–Crippen MR) is 304 cm³/mol. The maximum absolute atomic E-state index is 4.22. The van der Waals surface area contributed by atoms with Crippen molar-refractivity contribution in [2.75, 3.05) is 10.2 Å². The topological polar surface area (TPSA) is 15.3 Å². The molecule has 0 atom stereocenters. The first kappa shape index (κ1) is 44.9. The van der Waals surface area contributed by atoms with Crippen LogP contribution in [0.4, 0.5) is 28.4 Å². The van der Waals surface area contributed by atoms with E-state index in [0.717, 1.165) is 7.28 Å². The fourth-order valence-electron chi connectivity index (χ4n) is 13.6. The molecule has 4 heteroatoms. The molecule has 1 aliphatic heterocycles. The van der Waals surface area contributed by atoms with Crippen molar-refractivity contribution in [2.45, 2.75) is 161 Å². The monoisotopic (exact) mass is 923 g/mol. The number of nitrogens with one attached hydrogen (secondary N) is 1. The number of nitrogens with zero attached hydrogens (tertiary/aromatic N) is 1. The van der Waals surface area contributed by atoms with E-state index in [0.29, 0.717) is 0 Å². The second kappa shape index (κ2) is 14.9. The van der Waals surface area contributed by atoms with Crippen LogP contribution in [-0.2, 0) is 32.5 Å². The second-order valence-electron chi connectivity index (χ2n) is 25.8. The molecule has 0 amide bonds. The summed E-state index contributed by atoms with van der Waals surface area (Å²) in [4.78, 5) is 2.73. The van der Waals surface area contributed by atoms with E-state index in [4.69, 9.17) is 0 Å². The molecule has 0 radical (unpaired) electrons. The van der Waals surface area contributed by atoms with Gasteiger partial charge in [-0.15, -0.1) is 11.3 Å². The van der Waals surface area contributed by atoms with E-state index in [1.165, 1.54) is 159 Å². The Morgan fingerprint density at radius 2 is 1.01 bits per heavy atom. The SMILES string of the molecule is Cc1cc2c(cc1N1c3ccc4sc5ccccc5c4c3Bc3c(-c4cc5c(cc4Nc4ccc6c(c4)C(C)(C)CCC6(C)C)C(C)(C)CCC5(C)C)cc4ccccc4c31)C(C)(C)CCC2(C)C. The Labute approximate surface area is 417 Å². The third kappa shape index (κ3) is 6.84. The van der Waals surface area contributed by atoms with Crippen LogP contribution in [-0.4, -0.2) is 7.28 Å². The summed E-state index contributed by atoms with van der Waals surface area (Å²) in [5.74, 6) is 0. The molecule has 0 saturated heterocycles. The molecular weight excluding hydrogens is 852 g/mol. The number of anilines is 5. The summed E-state index contributed by atoms with van der Waals surface area (Å²) >= 11 is 1.94. The summed E-state index contributed by atoms with van der Waals surface area (Å²) in [5, 5.41) is 9.57. The molecule has 69 heavy (non-hydrogen) atoms. The van der Waals surface area contributed by atoms with Gasteiger partial charge in [-0.05, 0) is 204 Å². The summed E-state index contributed by atoms with van der Waals surface area (Å²) in [6.45, 7) is 31.9. The van der Waals surface area contributed by atoms with Crippen molar-refractivity contribution in [3.63, 3.8) is 0 Å². The van der Waals surface area contributed by atoms with Crippen LogP contribution in [0.15, 0.2) is 109 Å². The van der Waals surface area contributed by atoms with E-state index in [2.05, 4.69) is 209 Å². The van der Waals surface area contributed by atoms with E-state index in [9.17, 15) is 0 Å². The van der Waals surface area contributed by atoms with Crippen LogP contribution in [0, 0.1) is 6.92 Å². The molecule has 0 bridgehead atoms. The quantitative estimate of drug-likeness (QED) is 0.177. The van der Waals surface area contributed by atoms with Gasteiger partial charge in [0.05, 0.1) is 0 Å². The van der Waals surface area contributed by atoms with Crippen LogP contribution in [0.1, 0.15) is 161 Å². The lowest BCUT2D eigenvalue weighted by Gasteiger charge is -2.44. The standard InChI is InChI=1S/C65H71BN2S/c1-38-32-46-50(65(12,13)31-28-61(46,4)5)37-53(38)68-52-24-25-55-56(42-20-16-17-21-54(42)69-55)58(52)66-57-44(33-39-18-14-15-19-41(39)59(57)68)43-35-48-49(64(10,11)30-29-63(48,8)9)36-51(43)67-40-22-23-45-47(34-40)62(6,7)27-26-60(45,2)3/h14-25,32-37,66-67H,26-31H2,1-13H3. The fourth-order valence-corrected chi connectivity index (χ4v) is 14.7. The van der Waals surface area contributed by atoms with Gasteiger partial charge >= 0.3 is 0 Å². The minimum absolute atomic E-state index is 0.0394. The van der Waals surface area contributed by atoms with Crippen molar-refractivity contribution in [1.82, 2.24) is 0 Å². The maximum Gasteiger partial charge on any atom is 0.199 e. The van der Waals surface area contributed by atoms with E-state index in [1.54, 1.807) is 0 Å². The molecule has 1 aromatic heterocycles. The number of hydrogen-bond acceptors (Lipinski definition) is 3. The number of rotatable bonds is 4. The molecule has 12 rings (SSSR count). The molecule has 0 spiro atoms. The highest BCUT2D eigenvalue weighted by Crippen LogP contribution is 2.54. The van der Waals surface area contributed by atoms with Crippen LogP contribution in [0.25, 0.3) is 42.1 Å². The van der Waals surface area contributed by atoms with Crippen LogP contribution in [0.2, 0.25) is 0 Å². The Kier molecular flexibility index (Phi) is 9.66.